The Morgan fingerprint density at radius 1 is 1.42 bits per heavy atom. The van der Waals surface area contributed by atoms with Crippen LogP contribution < -0.4 is 5.32 Å². The lowest BCUT2D eigenvalue weighted by atomic mass is 9.78. The van der Waals surface area contributed by atoms with Crippen molar-refractivity contribution < 1.29 is 9.90 Å². The molecular weight excluding hydrogens is 240 g/mol. The van der Waals surface area contributed by atoms with Crippen LogP contribution in [0.1, 0.15) is 58.8 Å². The molecule has 112 valence electrons. The Morgan fingerprint density at radius 3 is 2.74 bits per heavy atom. The van der Waals surface area contributed by atoms with E-state index in [2.05, 4.69) is 31.1 Å². The van der Waals surface area contributed by atoms with Gasteiger partial charge in [-0.25, -0.2) is 0 Å². The minimum atomic E-state index is -0.695. The van der Waals surface area contributed by atoms with Crippen molar-refractivity contribution in [3.63, 3.8) is 0 Å². The third-order valence-corrected chi connectivity index (χ3v) is 4.34. The SMILES string of the molecule is CCCCN(C)C1CCCC(NCCC)(C(=O)O)C1. The van der Waals surface area contributed by atoms with Crippen molar-refractivity contribution in [1.82, 2.24) is 10.2 Å². The van der Waals surface area contributed by atoms with Crippen molar-refractivity contribution in [3.05, 3.63) is 0 Å². The van der Waals surface area contributed by atoms with E-state index in [-0.39, 0.29) is 0 Å². The highest BCUT2D eigenvalue weighted by Gasteiger charge is 2.43. The van der Waals surface area contributed by atoms with E-state index < -0.39 is 11.5 Å². The number of hydrogen-bond acceptors (Lipinski definition) is 3. The van der Waals surface area contributed by atoms with Crippen LogP contribution in [0.5, 0.6) is 0 Å². The molecule has 0 amide bonds. The maximum Gasteiger partial charge on any atom is 0.323 e. The van der Waals surface area contributed by atoms with E-state index in [0.717, 1.165) is 45.2 Å². The van der Waals surface area contributed by atoms with E-state index in [1.807, 2.05) is 0 Å². The predicted molar refractivity (Wildman–Crippen MR) is 78.5 cm³/mol. The van der Waals surface area contributed by atoms with Gasteiger partial charge in [-0.3, -0.25) is 4.79 Å². The van der Waals surface area contributed by atoms with Crippen molar-refractivity contribution in [2.45, 2.75) is 70.4 Å². The van der Waals surface area contributed by atoms with Crippen LogP contribution in [0.3, 0.4) is 0 Å². The van der Waals surface area contributed by atoms with Gasteiger partial charge in [0.05, 0.1) is 0 Å². The summed E-state index contributed by atoms with van der Waals surface area (Å²) in [6.07, 6.45) is 6.99. The highest BCUT2D eigenvalue weighted by Crippen LogP contribution is 2.31. The van der Waals surface area contributed by atoms with Crippen LogP contribution in [-0.4, -0.2) is 47.7 Å². The van der Waals surface area contributed by atoms with Crippen LogP contribution in [-0.2, 0) is 4.79 Å². The van der Waals surface area contributed by atoms with E-state index in [0.29, 0.717) is 6.04 Å². The lowest BCUT2D eigenvalue weighted by Crippen LogP contribution is -2.58. The van der Waals surface area contributed by atoms with Gasteiger partial charge in [-0.2, -0.15) is 0 Å². The smallest absolute Gasteiger partial charge is 0.323 e. The maximum absolute atomic E-state index is 11.7. The Morgan fingerprint density at radius 2 is 2.16 bits per heavy atom. The Balaban J connectivity index is 2.65. The summed E-state index contributed by atoms with van der Waals surface area (Å²) in [6.45, 7) is 6.14. The minimum Gasteiger partial charge on any atom is -0.480 e. The molecule has 0 spiro atoms. The molecule has 0 aromatic carbocycles. The second-order valence-corrected chi connectivity index (χ2v) is 5.90. The molecule has 2 unspecified atom stereocenters. The molecule has 2 atom stereocenters. The fourth-order valence-electron chi connectivity index (χ4n) is 3.01. The zero-order chi connectivity index (χ0) is 14.3. The Bertz CT molecular complexity index is 283. The number of nitrogens with zero attached hydrogens (tertiary/aromatic N) is 1. The molecule has 19 heavy (non-hydrogen) atoms. The molecule has 1 saturated carbocycles. The van der Waals surface area contributed by atoms with Gasteiger partial charge < -0.3 is 15.3 Å². The largest absolute Gasteiger partial charge is 0.480 e. The molecule has 0 aliphatic heterocycles. The van der Waals surface area contributed by atoms with Gasteiger partial charge in [0.1, 0.15) is 5.54 Å². The summed E-state index contributed by atoms with van der Waals surface area (Å²) >= 11 is 0. The van der Waals surface area contributed by atoms with Gasteiger partial charge in [0.15, 0.2) is 0 Å². The summed E-state index contributed by atoms with van der Waals surface area (Å²) in [5.74, 6) is -0.672. The van der Waals surface area contributed by atoms with Crippen molar-refractivity contribution in [2.75, 3.05) is 20.1 Å². The van der Waals surface area contributed by atoms with Gasteiger partial charge in [0.25, 0.3) is 0 Å². The van der Waals surface area contributed by atoms with Crippen molar-refractivity contribution in [3.8, 4) is 0 Å². The van der Waals surface area contributed by atoms with Crippen LogP contribution in [0.25, 0.3) is 0 Å². The molecule has 1 aliphatic carbocycles. The topological polar surface area (TPSA) is 52.6 Å². The molecule has 4 nitrogen and oxygen atoms in total. The number of rotatable bonds is 8. The number of carboxylic acids is 1. The van der Waals surface area contributed by atoms with Crippen LogP contribution >= 0.6 is 0 Å². The van der Waals surface area contributed by atoms with Gasteiger partial charge >= 0.3 is 5.97 Å². The summed E-state index contributed by atoms with van der Waals surface area (Å²) in [5, 5.41) is 12.9. The number of hydrogen-bond donors (Lipinski definition) is 2. The highest BCUT2D eigenvalue weighted by molar-refractivity contribution is 5.79. The summed E-state index contributed by atoms with van der Waals surface area (Å²) in [5.41, 5.74) is -0.695. The summed E-state index contributed by atoms with van der Waals surface area (Å²) in [4.78, 5) is 14.0. The number of carbonyl (C=O) groups is 1. The zero-order valence-corrected chi connectivity index (χ0v) is 12.7. The number of nitrogens with one attached hydrogen (secondary N) is 1. The Hall–Kier alpha value is -0.610. The zero-order valence-electron chi connectivity index (χ0n) is 12.7. The van der Waals surface area contributed by atoms with Gasteiger partial charge in [-0.05, 0) is 58.7 Å². The molecule has 0 radical (unpaired) electrons. The Kier molecular flexibility index (Phi) is 6.80. The molecule has 0 aromatic heterocycles. The average Bonchev–Trinajstić information content (AvgIpc) is 2.42. The van der Waals surface area contributed by atoms with E-state index in [1.165, 1.54) is 12.8 Å². The molecule has 1 aliphatic rings. The van der Waals surface area contributed by atoms with E-state index in [4.69, 9.17) is 0 Å². The molecule has 1 rings (SSSR count). The first-order valence-corrected chi connectivity index (χ1v) is 7.74. The van der Waals surface area contributed by atoms with Crippen molar-refractivity contribution in [2.24, 2.45) is 0 Å². The van der Waals surface area contributed by atoms with Gasteiger partial charge in [0.2, 0.25) is 0 Å². The first kappa shape index (κ1) is 16.4. The first-order valence-electron chi connectivity index (χ1n) is 7.74. The van der Waals surface area contributed by atoms with E-state index in [9.17, 15) is 9.90 Å². The van der Waals surface area contributed by atoms with Crippen LogP contribution in [0.2, 0.25) is 0 Å². The lowest BCUT2D eigenvalue weighted by Gasteiger charge is -2.41. The van der Waals surface area contributed by atoms with Crippen LogP contribution in [0.15, 0.2) is 0 Å². The van der Waals surface area contributed by atoms with Crippen molar-refractivity contribution >= 4 is 5.97 Å². The molecule has 0 aromatic rings. The van der Waals surface area contributed by atoms with Gasteiger partial charge in [-0.1, -0.05) is 20.3 Å². The predicted octanol–water partition coefficient (Wildman–Crippen LogP) is 2.48. The summed E-state index contributed by atoms with van der Waals surface area (Å²) in [6, 6.07) is 0.403. The van der Waals surface area contributed by atoms with Crippen LogP contribution in [0.4, 0.5) is 0 Å². The molecular formula is C15H30N2O2. The fourth-order valence-corrected chi connectivity index (χ4v) is 3.01. The third-order valence-electron chi connectivity index (χ3n) is 4.34. The van der Waals surface area contributed by atoms with Gasteiger partial charge in [-0.15, -0.1) is 0 Å². The fraction of sp³-hybridized carbons (Fsp3) is 0.933. The van der Waals surface area contributed by atoms with Gasteiger partial charge in [0, 0.05) is 6.04 Å². The molecule has 4 heteroatoms. The average molecular weight is 270 g/mol. The quantitative estimate of drug-likeness (QED) is 0.711. The van der Waals surface area contributed by atoms with E-state index >= 15 is 0 Å². The van der Waals surface area contributed by atoms with Crippen LogP contribution in [0, 0.1) is 0 Å². The summed E-state index contributed by atoms with van der Waals surface area (Å²) in [7, 11) is 2.14. The first-order chi connectivity index (χ1) is 9.05. The molecule has 0 heterocycles. The standard InChI is InChI=1S/C15H30N2O2/c1-4-6-11-17(3)13-8-7-9-15(12-13,14(18)19)16-10-5-2/h13,16H,4-12H2,1-3H3,(H,18,19). The second kappa shape index (κ2) is 7.85. The molecule has 1 fully saturated rings. The number of unbranched alkanes of at least 4 members (excludes halogenated alkanes) is 1. The third kappa shape index (κ3) is 4.46. The minimum absolute atomic E-state index is 0.403. The van der Waals surface area contributed by atoms with E-state index in [1.54, 1.807) is 0 Å². The normalized spacial score (nSPS) is 27.7. The Labute approximate surface area is 117 Å². The second-order valence-electron chi connectivity index (χ2n) is 5.90. The maximum atomic E-state index is 11.7. The molecule has 0 saturated heterocycles. The lowest BCUT2D eigenvalue weighted by molar-refractivity contribution is -0.147. The number of carboxylic acid groups (broad SMARTS) is 1. The van der Waals surface area contributed by atoms with Crippen molar-refractivity contribution in [1.29, 1.82) is 0 Å². The summed E-state index contributed by atoms with van der Waals surface area (Å²) < 4.78 is 0. The number of aliphatic carboxylic acids is 1. The highest BCUT2D eigenvalue weighted by atomic mass is 16.4. The monoisotopic (exact) mass is 270 g/mol. The molecule has 2 N–H and O–H groups in total. The molecule has 0 bridgehead atoms.